The molecule has 12 heteroatoms. The first-order valence-corrected chi connectivity index (χ1v) is 9.90. The molecule has 2 aliphatic rings. The number of hydrogen-bond acceptors (Lipinski definition) is 5. The van der Waals surface area contributed by atoms with E-state index in [-0.39, 0.29) is 19.0 Å². The van der Waals surface area contributed by atoms with E-state index in [0.717, 1.165) is 4.31 Å². The SMILES string of the molecule is O=C(O)C1CCc2nnc(C3CCN(S(=O)(=O)CCC(F)(F)F)CC3)n21. The van der Waals surface area contributed by atoms with Crippen LogP contribution >= 0.6 is 0 Å². The van der Waals surface area contributed by atoms with Crippen molar-refractivity contribution in [2.75, 3.05) is 18.8 Å². The summed E-state index contributed by atoms with van der Waals surface area (Å²) in [7, 11) is -3.97. The van der Waals surface area contributed by atoms with Gasteiger partial charge in [-0.15, -0.1) is 10.2 Å². The van der Waals surface area contributed by atoms with E-state index in [2.05, 4.69) is 10.2 Å². The zero-order valence-electron chi connectivity index (χ0n) is 13.8. The van der Waals surface area contributed by atoms with E-state index in [1.807, 2.05) is 0 Å². The summed E-state index contributed by atoms with van der Waals surface area (Å²) in [6.07, 6.45) is -4.18. The number of nitrogens with zero attached hydrogens (tertiary/aromatic N) is 4. The first-order valence-electron chi connectivity index (χ1n) is 8.29. The van der Waals surface area contributed by atoms with Gasteiger partial charge in [-0.3, -0.25) is 0 Å². The minimum atomic E-state index is -4.51. The molecule has 0 amide bonds. The average Bonchev–Trinajstić information content (AvgIpc) is 3.14. The lowest BCUT2D eigenvalue weighted by Gasteiger charge is -2.31. The summed E-state index contributed by atoms with van der Waals surface area (Å²) >= 11 is 0. The number of fused-ring (bicyclic) bond motifs is 1. The maximum atomic E-state index is 12.3. The van der Waals surface area contributed by atoms with E-state index in [1.165, 1.54) is 0 Å². The fourth-order valence-electron chi connectivity index (χ4n) is 3.52. The molecule has 2 aliphatic heterocycles. The first kappa shape index (κ1) is 19.1. The van der Waals surface area contributed by atoms with Gasteiger partial charge < -0.3 is 9.67 Å². The van der Waals surface area contributed by atoms with Crippen molar-refractivity contribution in [1.82, 2.24) is 19.1 Å². The molecule has 8 nitrogen and oxygen atoms in total. The first-order chi connectivity index (χ1) is 12.1. The van der Waals surface area contributed by atoms with Crippen molar-refractivity contribution in [2.24, 2.45) is 0 Å². The van der Waals surface area contributed by atoms with E-state index in [9.17, 15) is 31.5 Å². The van der Waals surface area contributed by atoms with E-state index in [0.29, 0.717) is 37.3 Å². The van der Waals surface area contributed by atoms with Crippen LogP contribution in [0.3, 0.4) is 0 Å². The van der Waals surface area contributed by atoms with Gasteiger partial charge in [-0.1, -0.05) is 0 Å². The fraction of sp³-hybridized carbons (Fsp3) is 0.786. The van der Waals surface area contributed by atoms with Gasteiger partial charge >= 0.3 is 12.1 Å². The van der Waals surface area contributed by atoms with Gasteiger partial charge in [0, 0.05) is 25.4 Å². The minimum Gasteiger partial charge on any atom is -0.480 e. The molecule has 0 radical (unpaired) electrons. The number of aliphatic carboxylic acids is 1. The van der Waals surface area contributed by atoms with Crippen LogP contribution in [0.1, 0.15) is 49.3 Å². The van der Waals surface area contributed by atoms with Crippen molar-refractivity contribution in [3.05, 3.63) is 11.6 Å². The number of sulfonamides is 1. The van der Waals surface area contributed by atoms with Crippen molar-refractivity contribution in [3.8, 4) is 0 Å². The molecule has 0 aromatic carbocycles. The van der Waals surface area contributed by atoms with Crippen LogP contribution in [0, 0.1) is 0 Å². The zero-order chi connectivity index (χ0) is 19.1. The highest BCUT2D eigenvalue weighted by atomic mass is 32.2. The average molecular weight is 396 g/mol. The van der Waals surface area contributed by atoms with Crippen molar-refractivity contribution < 1.29 is 31.5 Å². The summed E-state index contributed by atoms with van der Waals surface area (Å²) in [5.41, 5.74) is 0. The Labute approximate surface area is 148 Å². The number of rotatable bonds is 5. The van der Waals surface area contributed by atoms with Crippen molar-refractivity contribution in [2.45, 2.75) is 50.2 Å². The van der Waals surface area contributed by atoms with E-state index >= 15 is 0 Å². The Morgan fingerprint density at radius 3 is 2.42 bits per heavy atom. The summed E-state index contributed by atoms with van der Waals surface area (Å²) in [5.74, 6) is -0.949. The highest BCUT2D eigenvalue weighted by Crippen LogP contribution is 2.34. The second-order valence-corrected chi connectivity index (χ2v) is 8.68. The lowest BCUT2D eigenvalue weighted by atomic mass is 9.97. The Hall–Kier alpha value is -1.69. The number of carboxylic acid groups (broad SMARTS) is 1. The number of aromatic nitrogens is 3. The van der Waals surface area contributed by atoms with Gasteiger partial charge in [-0.2, -0.15) is 13.2 Å². The quantitative estimate of drug-likeness (QED) is 0.805. The van der Waals surface area contributed by atoms with Gasteiger partial charge in [-0.25, -0.2) is 17.5 Å². The Balaban J connectivity index is 1.66. The smallest absolute Gasteiger partial charge is 0.390 e. The molecule has 1 atom stereocenters. The molecule has 146 valence electrons. The van der Waals surface area contributed by atoms with Crippen molar-refractivity contribution >= 4 is 16.0 Å². The number of carbonyl (C=O) groups is 1. The molecule has 3 heterocycles. The molecule has 0 aliphatic carbocycles. The summed E-state index contributed by atoms with van der Waals surface area (Å²) in [5, 5.41) is 17.4. The van der Waals surface area contributed by atoms with Gasteiger partial charge in [0.1, 0.15) is 17.7 Å². The molecule has 1 N–H and O–H groups in total. The van der Waals surface area contributed by atoms with Crippen LogP contribution in [-0.2, 0) is 21.2 Å². The third-order valence-corrected chi connectivity index (χ3v) is 6.76. The molecule has 1 fully saturated rings. The molecule has 26 heavy (non-hydrogen) atoms. The van der Waals surface area contributed by atoms with Gasteiger partial charge in [0.15, 0.2) is 0 Å². The molecule has 1 aromatic rings. The lowest BCUT2D eigenvalue weighted by molar-refractivity contribution is -0.140. The van der Waals surface area contributed by atoms with Gasteiger partial charge in [0.05, 0.1) is 12.2 Å². The molecule has 0 spiro atoms. The maximum Gasteiger partial charge on any atom is 0.390 e. The largest absolute Gasteiger partial charge is 0.480 e. The number of piperidine rings is 1. The fourth-order valence-corrected chi connectivity index (χ4v) is 5.04. The second kappa shape index (κ2) is 6.80. The lowest BCUT2D eigenvalue weighted by Crippen LogP contribution is -2.40. The van der Waals surface area contributed by atoms with Gasteiger partial charge in [0.2, 0.25) is 10.0 Å². The Morgan fingerprint density at radius 1 is 1.19 bits per heavy atom. The summed E-state index contributed by atoms with van der Waals surface area (Å²) in [6.45, 7) is 0.176. The third kappa shape index (κ3) is 3.85. The van der Waals surface area contributed by atoms with Crippen LogP contribution in [0.25, 0.3) is 0 Å². The van der Waals surface area contributed by atoms with Crippen molar-refractivity contribution in [3.63, 3.8) is 0 Å². The number of carboxylic acids is 1. The number of alkyl halides is 3. The Kier molecular flexibility index (Phi) is 4.99. The van der Waals surface area contributed by atoms with Crippen LogP contribution in [-0.4, -0.2) is 63.6 Å². The summed E-state index contributed by atoms with van der Waals surface area (Å²) < 4.78 is 63.7. The molecule has 0 bridgehead atoms. The molecule has 1 unspecified atom stereocenters. The number of halogens is 3. The van der Waals surface area contributed by atoms with E-state index in [4.69, 9.17) is 0 Å². The molecule has 3 rings (SSSR count). The van der Waals surface area contributed by atoms with E-state index < -0.39 is 40.4 Å². The number of aryl methyl sites for hydroxylation is 1. The molecular formula is C14H19F3N4O4S. The Morgan fingerprint density at radius 2 is 1.85 bits per heavy atom. The van der Waals surface area contributed by atoms with Gasteiger partial charge in [-0.05, 0) is 19.3 Å². The molecule has 1 saturated heterocycles. The highest BCUT2D eigenvalue weighted by molar-refractivity contribution is 7.89. The predicted octanol–water partition coefficient (Wildman–Crippen LogP) is 1.31. The topological polar surface area (TPSA) is 105 Å². The zero-order valence-corrected chi connectivity index (χ0v) is 14.6. The second-order valence-electron chi connectivity index (χ2n) is 6.59. The molecule has 0 saturated carbocycles. The summed E-state index contributed by atoms with van der Waals surface area (Å²) in [4.78, 5) is 11.4. The molecular weight excluding hydrogens is 377 g/mol. The minimum absolute atomic E-state index is 0.0881. The third-order valence-electron chi connectivity index (χ3n) is 4.89. The predicted molar refractivity (Wildman–Crippen MR) is 83.0 cm³/mol. The highest BCUT2D eigenvalue weighted by Gasteiger charge is 2.38. The summed E-state index contributed by atoms with van der Waals surface area (Å²) in [6, 6.07) is -0.719. The Bertz CT molecular complexity index is 785. The normalized spacial score (nSPS) is 22.5. The standard InChI is InChI=1S/C14H19F3N4O4S/c15-14(16,17)5-8-26(24,25)20-6-3-9(4-7-20)12-19-18-11-2-1-10(13(22)23)21(11)12/h9-10H,1-8H2,(H,22,23). The van der Waals surface area contributed by atoms with Crippen LogP contribution < -0.4 is 0 Å². The van der Waals surface area contributed by atoms with Crippen LogP contribution in [0.2, 0.25) is 0 Å². The van der Waals surface area contributed by atoms with Crippen LogP contribution in [0.15, 0.2) is 0 Å². The van der Waals surface area contributed by atoms with Crippen molar-refractivity contribution in [1.29, 1.82) is 0 Å². The van der Waals surface area contributed by atoms with Crippen LogP contribution in [0.5, 0.6) is 0 Å². The molecule has 1 aromatic heterocycles. The van der Waals surface area contributed by atoms with E-state index in [1.54, 1.807) is 4.57 Å². The van der Waals surface area contributed by atoms with Crippen LogP contribution in [0.4, 0.5) is 13.2 Å². The van der Waals surface area contributed by atoms with Gasteiger partial charge in [0.25, 0.3) is 0 Å². The monoisotopic (exact) mass is 396 g/mol. The maximum absolute atomic E-state index is 12.3. The number of hydrogen-bond donors (Lipinski definition) is 1.